The van der Waals surface area contributed by atoms with E-state index in [1.165, 1.54) is 5.56 Å². The third-order valence-corrected chi connectivity index (χ3v) is 6.34. The van der Waals surface area contributed by atoms with E-state index in [2.05, 4.69) is 57.1 Å². The second-order valence-corrected chi connectivity index (χ2v) is 8.57. The molecule has 0 aliphatic carbocycles. The van der Waals surface area contributed by atoms with Crippen LogP contribution < -0.4 is 0 Å². The second-order valence-electron chi connectivity index (χ2n) is 8.57. The summed E-state index contributed by atoms with van der Waals surface area (Å²) in [6, 6.07) is 14.8. The Balaban J connectivity index is 1.23. The third-order valence-electron chi connectivity index (χ3n) is 6.34. The van der Waals surface area contributed by atoms with Crippen LogP contribution >= 0.6 is 0 Å². The summed E-state index contributed by atoms with van der Waals surface area (Å²) < 4.78 is 2.23. The van der Waals surface area contributed by atoms with Crippen molar-refractivity contribution in [2.75, 3.05) is 6.54 Å². The van der Waals surface area contributed by atoms with E-state index in [0.29, 0.717) is 12.3 Å². The number of nitrogens with zero attached hydrogens (tertiary/aromatic N) is 4. The lowest BCUT2D eigenvalue weighted by molar-refractivity contribution is -0.131. The molecule has 0 bridgehead atoms. The van der Waals surface area contributed by atoms with Gasteiger partial charge >= 0.3 is 0 Å². The van der Waals surface area contributed by atoms with Crippen molar-refractivity contribution in [2.45, 2.75) is 38.8 Å². The first kappa shape index (κ1) is 19.5. The van der Waals surface area contributed by atoms with Crippen molar-refractivity contribution in [1.29, 1.82) is 0 Å². The molecule has 1 amide bonds. The van der Waals surface area contributed by atoms with Crippen molar-refractivity contribution in [3.63, 3.8) is 0 Å². The first-order valence-corrected chi connectivity index (χ1v) is 10.9. The number of pyridine rings is 1. The summed E-state index contributed by atoms with van der Waals surface area (Å²) in [5.41, 5.74) is 4.31. The zero-order chi connectivity index (χ0) is 21.2. The number of amides is 1. The predicted molar refractivity (Wildman–Crippen MR) is 121 cm³/mol. The number of aromatic amines is 1. The number of nitrogens with one attached hydrogen (secondary N) is 1. The van der Waals surface area contributed by atoms with Crippen LogP contribution in [0.25, 0.3) is 22.2 Å². The minimum atomic E-state index is 0.263. The van der Waals surface area contributed by atoms with Crippen LogP contribution in [0.2, 0.25) is 0 Å². The monoisotopic (exact) mass is 413 g/mol. The number of carbonyl (C=O) groups excluding carboxylic acids is 1. The number of hydrogen-bond acceptors (Lipinski definition) is 3. The summed E-state index contributed by atoms with van der Waals surface area (Å²) in [6.07, 6.45) is 10.1. The summed E-state index contributed by atoms with van der Waals surface area (Å²) >= 11 is 0. The van der Waals surface area contributed by atoms with Gasteiger partial charge in [-0.2, -0.15) is 5.10 Å². The standard InChI is InChI=1S/C25H27N5O/c1-18-11-20(17-30(18)24(31)8-7-19-5-3-2-4-6-19)16-29-10-9-21-12-22(13-26-25(21)29)23-14-27-28-15-23/h2-6,9-10,12-15,18,20H,7-8,11,16-17H2,1H3,(H,27,28)/t18-,20-/m0/s1. The largest absolute Gasteiger partial charge is 0.340 e. The molecule has 4 heterocycles. The number of aromatic nitrogens is 4. The molecule has 1 fully saturated rings. The minimum Gasteiger partial charge on any atom is -0.340 e. The molecule has 1 aromatic carbocycles. The molecule has 0 saturated carbocycles. The number of H-pyrrole nitrogens is 1. The van der Waals surface area contributed by atoms with Gasteiger partial charge in [0.25, 0.3) is 0 Å². The fourth-order valence-electron chi connectivity index (χ4n) is 4.73. The number of rotatable bonds is 6. The van der Waals surface area contributed by atoms with Crippen LogP contribution in [0.5, 0.6) is 0 Å². The molecular weight excluding hydrogens is 386 g/mol. The Hall–Kier alpha value is -3.41. The molecule has 1 saturated heterocycles. The quantitative estimate of drug-likeness (QED) is 0.513. The number of aryl methyl sites for hydroxylation is 1. The van der Waals surface area contributed by atoms with Gasteiger partial charge < -0.3 is 9.47 Å². The Kier molecular flexibility index (Phi) is 5.28. The number of carbonyl (C=O) groups is 1. The summed E-state index contributed by atoms with van der Waals surface area (Å²) in [4.78, 5) is 19.6. The van der Waals surface area contributed by atoms with Crippen molar-refractivity contribution in [3.8, 4) is 11.1 Å². The van der Waals surface area contributed by atoms with Gasteiger partial charge in [-0.05, 0) is 43.4 Å². The van der Waals surface area contributed by atoms with Gasteiger partial charge in [-0.1, -0.05) is 30.3 Å². The minimum absolute atomic E-state index is 0.263. The highest BCUT2D eigenvalue weighted by atomic mass is 16.2. The lowest BCUT2D eigenvalue weighted by Gasteiger charge is -2.21. The Morgan fingerprint density at radius 2 is 2.03 bits per heavy atom. The maximum absolute atomic E-state index is 12.8. The normalized spacial score (nSPS) is 18.7. The smallest absolute Gasteiger partial charge is 0.223 e. The van der Waals surface area contributed by atoms with Crippen LogP contribution in [-0.2, 0) is 17.8 Å². The molecule has 31 heavy (non-hydrogen) atoms. The van der Waals surface area contributed by atoms with Crippen LogP contribution in [0.4, 0.5) is 0 Å². The van der Waals surface area contributed by atoms with Crippen LogP contribution in [0.15, 0.2) is 67.3 Å². The third kappa shape index (κ3) is 4.10. The predicted octanol–water partition coefficient (Wildman–Crippen LogP) is 4.30. The van der Waals surface area contributed by atoms with Crippen LogP contribution in [0.3, 0.4) is 0 Å². The maximum Gasteiger partial charge on any atom is 0.223 e. The molecule has 1 aliphatic rings. The topological polar surface area (TPSA) is 66.8 Å². The lowest BCUT2D eigenvalue weighted by atomic mass is 10.1. The van der Waals surface area contributed by atoms with Crippen molar-refractivity contribution >= 4 is 16.9 Å². The number of hydrogen-bond donors (Lipinski definition) is 1. The Morgan fingerprint density at radius 3 is 2.84 bits per heavy atom. The Labute approximate surface area is 181 Å². The highest BCUT2D eigenvalue weighted by molar-refractivity contribution is 5.81. The average molecular weight is 414 g/mol. The number of fused-ring (bicyclic) bond motifs is 1. The van der Waals surface area contributed by atoms with E-state index in [0.717, 1.165) is 48.1 Å². The SMILES string of the molecule is C[C@H]1C[C@@H](Cn2ccc3cc(-c4cn[nH]c4)cnc32)CN1C(=O)CCc1ccccc1. The molecule has 4 aromatic rings. The highest BCUT2D eigenvalue weighted by Crippen LogP contribution is 2.28. The van der Waals surface area contributed by atoms with Gasteiger partial charge in [0, 0.05) is 60.7 Å². The van der Waals surface area contributed by atoms with Gasteiger partial charge in [0.1, 0.15) is 5.65 Å². The average Bonchev–Trinajstić information content (AvgIpc) is 3.53. The van der Waals surface area contributed by atoms with Crippen LogP contribution in [0, 0.1) is 5.92 Å². The van der Waals surface area contributed by atoms with Gasteiger partial charge in [-0.3, -0.25) is 9.89 Å². The molecule has 0 unspecified atom stereocenters. The number of benzene rings is 1. The van der Waals surface area contributed by atoms with Gasteiger partial charge in [-0.15, -0.1) is 0 Å². The highest BCUT2D eigenvalue weighted by Gasteiger charge is 2.32. The Bertz CT molecular complexity index is 1170. The van der Waals surface area contributed by atoms with E-state index < -0.39 is 0 Å². The molecule has 0 radical (unpaired) electrons. The molecule has 6 nitrogen and oxygen atoms in total. The molecule has 2 atom stereocenters. The zero-order valence-electron chi connectivity index (χ0n) is 17.7. The van der Waals surface area contributed by atoms with E-state index in [1.54, 1.807) is 0 Å². The molecule has 1 N–H and O–H groups in total. The molecule has 0 spiro atoms. The molecule has 3 aromatic heterocycles. The van der Waals surface area contributed by atoms with Crippen molar-refractivity contribution in [3.05, 3.63) is 72.8 Å². The molecule has 5 rings (SSSR count). The van der Waals surface area contributed by atoms with Crippen molar-refractivity contribution in [2.24, 2.45) is 5.92 Å². The fraction of sp³-hybridized carbons (Fsp3) is 0.320. The summed E-state index contributed by atoms with van der Waals surface area (Å²) in [5.74, 6) is 0.709. The molecule has 1 aliphatic heterocycles. The van der Waals surface area contributed by atoms with E-state index >= 15 is 0 Å². The Morgan fingerprint density at radius 1 is 1.16 bits per heavy atom. The first-order chi connectivity index (χ1) is 15.2. The fourth-order valence-corrected chi connectivity index (χ4v) is 4.73. The van der Waals surface area contributed by atoms with E-state index in [9.17, 15) is 4.79 Å². The van der Waals surface area contributed by atoms with Gasteiger partial charge in [-0.25, -0.2) is 4.98 Å². The van der Waals surface area contributed by atoms with Crippen molar-refractivity contribution < 1.29 is 4.79 Å². The summed E-state index contributed by atoms with van der Waals surface area (Å²) in [5, 5.41) is 8.00. The summed E-state index contributed by atoms with van der Waals surface area (Å²) in [7, 11) is 0. The maximum atomic E-state index is 12.8. The molecular formula is C25H27N5O. The number of likely N-dealkylation sites (tertiary alicyclic amines) is 1. The van der Waals surface area contributed by atoms with Crippen LogP contribution in [-0.4, -0.2) is 43.1 Å². The van der Waals surface area contributed by atoms with E-state index in [4.69, 9.17) is 4.98 Å². The van der Waals surface area contributed by atoms with Gasteiger partial charge in [0.05, 0.1) is 6.20 Å². The van der Waals surface area contributed by atoms with E-state index in [1.807, 2.05) is 36.8 Å². The first-order valence-electron chi connectivity index (χ1n) is 10.9. The zero-order valence-corrected chi connectivity index (χ0v) is 17.7. The lowest BCUT2D eigenvalue weighted by Crippen LogP contribution is -2.34. The summed E-state index contributed by atoms with van der Waals surface area (Å²) in [6.45, 7) is 3.87. The molecule has 158 valence electrons. The molecule has 6 heteroatoms. The second kappa shape index (κ2) is 8.38. The van der Waals surface area contributed by atoms with Crippen molar-refractivity contribution in [1.82, 2.24) is 24.6 Å². The van der Waals surface area contributed by atoms with Gasteiger partial charge in [0.2, 0.25) is 5.91 Å². The van der Waals surface area contributed by atoms with E-state index in [-0.39, 0.29) is 11.9 Å². The van der Waals surface area contributed by atoms with Gasteiger partial charge in [0.15, 0.2) is 0 Å². The van der Waals surface area contributed by atoms with Crippen LogP contribution in [0.1, 0.15) is 25.3 Å².